The van der Waals surface area contributed by atoms with Crippen molar-refractivity contribution in [2.75, 3.05) is 12.1 Å². The Bertz CT molecular complexity index is 775. The van der Waals surface area contributed by atoms with E-state index in [0.717, 1.165) is 11.0 Å². The largest absolute Gasteiger partial charge is 0.454 e. The summed E-state index contributed by atoms with van der Waals surface area (Å²) >= 11 is 0. The number of nitrogens with one attached hydrogen (secondary N) is 2. The average Bonchev–Trinajstić information content (AvgIpc) is 3.08. The Labute approximate surface area is 119 Å². The Balaban J connectivity index is 1.59. The van der Waals surface area contributed by atoms with Crippen molar-refractivity contribution in [1.82, 2.24) is 9.97 Å². The molecule has 21 heavy (non-hydrogen) atoms. The number of halogens is 1. The molecule has 2 N–H and O–H groups in total. The first-order valence-electron chi connectivity index (χ1n) is 6.56. The minimum absolute atomic E-state index is 0.234. The Hall–Kier alpha value is -2.76. The lowest BCUT2D eigenvalue weighted by atomic mass is 10.2. The van der Waals surface area contributed by atoms with Crippen LogP contribution in [0.5, 0.6) is 11.5 Å². The zero-order valence-electron chi connectivity index (χ0n) is 11.0. The summed E-state index contributed by atoms with van der Waals surface area (Å²) in [4.78, 5) is 7.55. The first kappa shape index (κ1) is 12.0. The number of fused-ring (bicyclic) bond motifs is 2. The molecule has 2 aromatic carbocycles. The van der Waals surface area contributed by atoms with Crippen molar-refractivity contribution in [2.45, 2.75) is 6.54 Å². The van der Waals surface area contributed by atoms with Crippen molar-refractivity contribution in [3.63, 3.8) is 0 Å². The Morgan fingerprint density at radius 2 is 2.00 bits per heavy atom. The molecule has 0 bridgehead atoms. The highest BCUT2D eigenvalue weighted by molar-refractivity contribution is 5.81. The molecule has 1 aliphatic heterocycles. The zero-order chi connectivity index (χ0) is 14.2. The second-order valence-electron chi connectivity index (χ2n) is 4.75. The van der Waals surface area contributed by atoms with Gasteiger partial charge in [-0.05, 0) is 6.07 Å². The summed E-state index contributed by atoms with van der Waals surface area (Å²) in [5.41, 5.74) is 2.21. The van der Waals surface area contributed by atoms with Gasteiger partial charge in [-0.25, -0.2) is 9.37 Å². The molecule has 0 saturated heterocycles. The van der Waals surface area contributed by atoms with Crippen LogP contribution in [0.1, 0.15) is 5.56 Å². The number of anilines is 1. The normalized spacial score (nSPS) is 12.8. The topological polar surface area (TPSA) is 59.2 Å². The number of aromatic nitrogens is 2. The number of imidazole rings is 1. The van der Waals surface area contributed by atoms with Crippen molar-refractivity contribution in [3.05, 3.63) is 47.8 Å². The smallest absolute Gasteiger partial charge is 0.231 e. The molecule has 0 fully saturated rings. The molecular weight excluding hydrogens is 273 g/mol. The first-order valence-corrected chi connectivity index (χ1v) is 6.56. The maximum absolute atomic E-state index is 13.6. The lowest BCUT2D eigenvalue weighted by Gasteiger charge is -2.03. The van der Waals surface area contributed by atoms with E-state index >= 15 is 0 Å². The van der Waals surface area contributed by atoms with Gasteiger partial charge in [0.1, 0.15) is 5.82 Å². The Kier molecular flexibility index (Phi) is 2.67. The molecule has 106 valence electrons. The van der Waals surface area contributed by atoms with Crippen LogP contribution in [0.2, 0.25) is 0 Å². The number of hydrogen-bond acceptors (Lipinski definition) is 4. The fourth-order valence-electron chi connectivity index (χ4n) is 2.30. The van der Waals surface area contributed by atoms with Gasteiger partial charge in [0.15, 0.2) is 11.5 Å². The molecule has 0 saturated carbocycles. The van der Waals surface area contributed by atoms with Crippen molar-refractivity contribution < 1.29 is 13.9 Å². The van der Waals surface area contributed by atoms with Gasteiger partial charge in [-0.1, -0.05) is 18.2 Å². The third-order valence-electron chi connectivity index (χ3n) is 3.38. The number of hydrogen-bond donors (Lipinski definition) is 2. The van der Waals surface area contributed by atoms with E-state index in [0.29, 0.717) is 29.6 Å². The Morgan fingerprint density at radius 1 is 1.19 bits per heavy atom. The highest BCUT2D eigenvalue weighted by atomic mass is 19.1. The van der Waals surface area contributed by atoms with E-state index in [9.17, 15) is 4.39 Å². The van der Waals surface area contributed by atoms with E-state index in [1.54, 1.807) is 18.2 Å². The van der Waals surface area contributed by atoms with E-state index < -0.39 is 0 Å². The summed E-state index contributed by atoms with van der Waals surface area (Å²) in [6.45, 7) is 0.597. The van der Waals surface area contributed by atoms with E-state index in [4.69, 9.17) is 9.47 Å². The van der Waals surface area contributed by atoms with Crippen LogP contribution in [-0.4, -0.2) is 16.8 Å². The molecule has 0 radical (unpaired) electrons. The lowest BCUT2D eigenvalue weighted by Crippen LogP contribution is -2.02. The third kappa shape index (κ3) is 2.14. The molecule has 5 nitrogen and oxygen atoms in total. The van der Waals surface area contributed by atoms with Gasteiger partial charge in [0.05, 0.1) is 11.0 Å². The molecular formula is C15H12FN3O2. The molecule has 0 unspecified atom stereocenters. The maximum atomic E-state index is 13.6. The molecule has 4 rings (SSSR count). The number of nitrogens with zero attached hydrogens (tertiary/aromatic N) is 1. The fraction of sp³-hybridized carbons (Fsp3) is 0.133. The first-order chi connectivity index (χ1) is 10.3. The second kappa shape index (κ2) is 4.66. The number of H-pyrrole nitrogens is 1. The third-order valence-corrected chi connectivity index (χ3v) is 3.38. The van der Waals surface area contributed by atoms with Crippen LogP contribution in [0.4, 0.5) is 10.3 Å². The molecule has 1 aromatic heterocycles. The number of aromatic amines is 1. The van der Waals surface area contributed by atoms with Gasteiger partial charge in [-0.3, -0.25) is 0 Å². The molecule has 3 aromatic rings. The van der Waals surface area contributed by atoms with Crippen LogP contribution in [0, 0.1) is 5.82 Å². The van der Waals surface area contributed by atoms with E-state index in [-0.39, 0.29) is 12.6 Å². The Morgan fingerprint density at radius 3 is 2.86 bits per heavy atom. The SMILES string of the molecule is Fc1ccccc1CNc1nc2cc3c(cc2[nH]1)OCO3. The van der Waals surface area contributed by atoms with Crippen LogP contribution in [0.25, 0.3) is 11.0 Å². The van der Waals surface area contributed by atoms with E-state index in [1.807, 2.05) is 12.1 Å². The van der Waals surface area contributed by atoms with Crippen LogP contribution in [0.3, 0.4) is 0 Å². The van der Waals surface area contributed by atoms with Crippen LogP contribution < -0.4 is 14.8 Å². The summed E-state index contributed by atoms with van der Waals surface area (Å²) in [5, 5.41) is 3.08. The zero-order valence-corrected chi connectivity index (χ0v) is 11.0. The summed E-state index contributed by atoms with van der Waals surface area (Å²) in [5.74, 6) is 1.74. The molecule has 6 heteroatoms. The van der Waals surface area contributed by atoms with Gasteiger partial charge >= 0.3 is 0 Å². The summed E-state index contributed by atoms with van der Waals surface area (Å²) < 4.78 is 24.2. The highest BCUT2D eigenvalue weighted by Gasteiger charge is 2.16. The van der Waals surface area contributed by atoms with Crippen LogP contribution in [0.15, 0.2) is 36.4 Å². The predicted molar refractivity (Wildman–Crippen MR) is 75.9 cm³/mol. The lowest BCUT2D eigenvalue weighted by molar-refractivity contribution is 0.174. The van der Waals surface area contributed by atoms with E-state index in [2.05, 4.69) is 15.3 Å². The molecule has 0 spiro atoms. The van der Waals surface area contributed by atoms with Crippen molar-refractivity contribution in [3.8, 4) is 11.5 Å². The van der Waals surface area contributed by atoms with Gasteiger partial charge in [0.2, 0.25) is 12.7 Å². The quantitative estimate of drug-likeness (QED) is 0.776. The standard InChI is InChI=1S/C15H12FN3O2/c16-10-4-2-1-3-9(10)7-17-15-18-11-5-13-14(21-8-20-13)6-12(11)19-15/h1-6H,7-8H2,(H2,17,18,19). The minimum Gasteiger partial charge on any atom is -0.454 e. The van der Waals surface area contributed by atoms with Crippen LogP contribution >= 0.6 is 0 Å². The monoisotopic (exact) mass is 285 g/mol. The second-order valence-corrected chi connectivity index (χ2v) is 4.75. The average molecular weight is 285 g/mol. The molecule has 0 atom stereocenters. The fourth-order valence-corrected chi connectivity index (χ4v) is 2.30. The molecule has 1 aliphatic rings. The van der Waals surface area contributed by atoms with Gasteiger partial charge in [-0.15, -0.1) is 0 Å². The predicted octanol–water partition coefficient (Wildman–Crippen LogP) is 3.04. The highest BCUT2D eigenvalue weighted by Crippen LogP contribution is 2.35. The van der Waals surface area contributed by atoms with Crippen molar-refractivity contribution in [2.24, 2.45) is 0 Å². The van der Waals surface area contributed by atoms with Gasteiger partial charge in [0, 0.05) is 24.2 Å². The molecule has 0 amide bonds. The van der Waals surface area contributed by atoms with Crippen molar-refractivity contribution >= 4 is 17.0 Å². The van der Waals surface area contributed by atoms with E-state index in [1.165, 1.54) is 6.07 Å². The molecule has 0 aliphatic carbocycles. The van der Waals surface area contributed by atoms with Gasteiger partial charge in [0.25, 0.3) is 0 Å². The van der Waals surface area contributed by atoms with Crippen molar-refractivity contribution in [1.29, 1.82) is 0 Å². The number of rotatable bonds is 3. The minimum atomic E-state index is -0.234. The van der Waals surface area contributed by atoms with Gasteiger partial charge in [-0.2, -0.15) is 0 Å². The summed E-state index contributed by atoms with van der Waals surface area (Å²) in [6.07, 6.45) is 0. The number of ether oxygens (including phenoxy) is 2. The molecule has 2 heterocycles. The van der Waals surface area contributed by atoms with Crippen LogP contribution in [-0.2, 0) is 6.54 Å². The van der Waals surface area contributed by atoms with Gasteiger partial charge < -0.3 is 19.8 Å². The number of benzene rings is 2. The summed E-state index contributed by atoms with van der Waals surface area (Å²) in [7, 11) is 0. The summed E-state index contributed by atoms with van der Waals surface area (Å²) in [6, 6.07) is 10.3. The maximum Gasteiger partial charge on any atom is 0.231 e.